The number of esters is 2. The molecule has 2 fully saturated rings. The second-order valence-electron chi connectivity index (χ2n) is 8.93. The Kier molecular flexibility index (Phi) is 8.48. The first-order valence-electron chi connectivity index (χ1n) is 11.7. The van der Waals surface area contributed by atoms with Crippen LogP contribution in [0.5, 0.6) is 5.75 Å². The van der Waals surface area contributed by atoms with E-state index in [1.165, 1.54) is 26.2 Å². The molecule has 2 atom stereocenters. The van der Waals surface area contributed by atoms with Crippen molar-refractivity contribution >= 4 is 29.7 Å². The Bertz CT molecular complexity index is 970. The van der Waals surface area contributed by atoms with Gasteiger partial charge in [-0.05, 0) is 37.0 Å². The lowest BCUT2D eigenvalue weighted by Crippen LogP contribution is -2.48. The summed E-state index contributed by atoms with van der Waals surface area (Å²) < 4.78 is 14.6. The first-order valence-corrected chi connectivity index (χ1v) is 11.7. The standard InChI is InChI=1S/C25H32N2O8/c1-33-18-10-8-16(9-11-18)25(15-21(29)27(24(25)32)17-6-4-5-7-17)14-20(28)26-19(23(31)35-3)12-13-22(30)34-2/h8-11,17,19H,4-7,12-15H2,1-3H3,(H,26,28)/t19-,25?/m0/s1. The van der Waals surface area contributed by atoms with Crippen molar-refractivity contribution in [3.8, 4) is 5.75 Å². The molecule has 1 saturated carbocycles. The molecule has 0 aromatic heterocycles. The summed E-state index contributed by atoms with van der Waals surface area (Å²) in [4.78, 5) is 65.1. The van der Waals surface area contributed by atoms with E-state index in [-0.39, 0.29) is 37.6 Å². The van der Waals surface area contributed by atoms with Gasteiger partial charge in [-0.25, -0.2) is 4.79 Å². The van der Waals surface area contributed by atoms with Crippen LogP contribution in [0.25, 0.3) is 0 Å². The van der Waals surface area contributed by atoms with Crippen LogP contribution >= 0.6 is 0 Å². The summed E-state index contributed by atoms with van der Waals surface area (Å²) in [6.45, 7) is 0. The van der Waals surface area contributed by atoms with E-state index in [4.69, 9.17) is 9.47 Å². The molecule has 1 aromatic rings. The number of benzene rings is 1. The number of nitrogens with one attached hydrogen (secondary N) is 1. The maximum absolute atomic E-state index is 13.8. The maximum Gasteiger partial charge on any atom is 0.328 e. The van der Waals surface area contributed by atoms with Crippen LogP contribution in [0.15, 0.2) is 24.3 Å². The highest BCUT2D eigenvalue weighted by Gasteiger charge is 2.55. The van der Waals surface area contributed by atoms with E-state index in [1.807, 2.05) is 0 Å². The lowest BCUT2D eigenvalue weighted by atomic mass is 9.75. The van der Waals surface area contributed by atoms with Gasteiger partial charge in [0.2, 0.25) is 17.7 Å². The number of rotatable bonds is 10. The highest BCUT2D eigenvalue weighted by molar-refractivity contribution is 6.11. The van der Waals surface area contributed by atoms with Crippen LogP contribution in [-0.2, 0) is 38.9 Å². The molecule has 1 N–H and O–H groups in total. The molecule has 1 saturated heterocycles. The Hall–Kier alpha value is -3.43. The predicted octanol–water partition coefficient (Wildman–Crippen LogP) is 1.64. The second-order valence-corrected chi connectivity index (χ2v) is 8.93. The highest BCUT2D eigenvalue weighted by Crippen LogP contribution is 2.43. The molecule has 0 bridgehead atoms. The van der Waals surface area contributed by atoms with Crippen LogP contribution in [0.3, 0.4) is 0 Å². The monoisotopic (exact) mass is 488 g/mol. The fourth-order valence-electron chi connectivity index (χ4n) is 4.95. The Labute approximate surface area is 204 Å². The van der Waals surface area contributed by atoms with Gasteiger partial charge >= 0.3 is 11.9 Å². The molecule has 3 rings (SSSR count). The second kappa shape index (κ2) is 11.3. The fourth-order valence-corrected chi connectivity index (χ4v) is 4.95. The number of carbonyl (C=O) groups is 5. The van der Waals surface area contributed by atoms with Crippen molar-refractivity contribution in [1.82, 2.24) is 10.2 Å². The number of imide groups is 1. The van der Waals surface area contributed by atoms with Crippen LogP contribution in [0.2, 0.25) is 0 Å². The number of likely N-dealkylation sites (tertiary alicyclic amines) is 1. The van der Waals surface area contributed by atoms with Crippen LogP contribution in [0.4, 0.5) is 0 Å². The SMILES string of the molecule is COC(=O)CC[C@H](NC(=O)CC1(c2ccc(OC)cc2)CC(=O)N(C2CCCC2)C1=O)C(=O)OC. The Morgan fingerprint density at radius 3 is 2.29 bits per heavy atom. The Morgan fingerprint density at radius 2 is 1.71 bits per heavy atom. The zero-order valence-electron chi connectivity index (χ0n) is 20.3. The number of carbonyl (C=O) groups excluding carboxylic acids is 5. The van der Waals surface area contributed by atoms with Gasteiger partial charge in [-0.15, -0.1) is 0 Å². The normalized spacial score (nSPS) is 21.1. The minimum Gasteiger partial charge on any atom is -0.497 e. The quantitative estimate of drug-likeness (QED) is 0.389. The smallest absolute Gasteiger partial charge is 0.328 e. The van der Waals surface area contributed by atoms with Crippen molar-refractivity contribution in [2.24, 2.45) is 0 Å². The molecule has 0 radical (unpaired) electrons. The minimum atomic E-state index is -1.40. The number of nitrogens with zero attached hydrogens (tertiary/aromatic N) is 1. The summed E-state index contributed by atoms with van der Waals surface area (Å²) >= 11 is 0. The molecular weight excluding hydrogens is 456 g/mol. The Balaban J connectivity index is 1.88. The summed E-state index contributed by atoms with van der Waals surface area (Å²) in [5.74, 6) is -1.99. The molecule has 1 aromatic carbocycles. The predicted molar refractivity (Wildman–Crippen MR) is 123 cm³/mol. The number of amides is 3. The van der Waals surface area contributed by atoms with Gasteiger partial charge in [0, 0.05) is 25.3 Å². The number of hydrogen-bond acceptors (Lipinski definition) is 8. The average Bonchev–Trinajstić information content (AvgIpc) is 3.47. The van der Waals surface area contributed by atoms with Crippen LogP contribution in [-0.4, -0.2) is 68.0 Å². The van der Waals surface area contributed by atoms with Gasteiger partial charge in [0.15, 0.2) is 0 Å². The minimum absolute atomic E-state index is 0.0261. The molecule has 10 heteroatoms. The molecule has 3 amide bonds. The van der Waals surface area contributed by atoms with E-state index in [1.54, 1.807) is 24.3 Å². The van der Waals surface area contributed by atoms with Crippen LogP contribution in [0, 0.1) is 0 Å². The van der Waals surface area contributed by atoms with E-state index < -0.39 is 35.2 Å². The van der Waals surface area contributed by atoms with Crippen molar-refractivity contribution in [2.75, 3.05) is 21.3 Å². The van der Waals surface area contributed by atoms with E-state index >= 15 is 0 Å². The number of methoxy groups -OCH3 is 3. The van der Waals surface area contributed by atoms with E-state index in [2.05, 4.69) is 10.1 Å². The molecule has 1 aliphatic carbocycles. The molecule has 35 heavy (non-hydrogen) atoms. The maximum atomic E-state index is 13.8. The molecule has 0 spiro atoms. The van der Waals surface area contributed by atoms with Gasteiger partial charge in [0.05, 0.1) is 26.7 Å². The third-order valence-corrected chi connectivity index (χ3v) is 6.83. The molecule has 2 aliphatic rings. The number of ether oxygens (including phenoxy) is 3. The molecule has 1 heterocycles. The zero-order chi connectivity index (χ0) is 25.6. The summed E-state index contributed by atoms with van der Waals surface area (Å²) in [5.41, 5.74) is -0.879. The van der Waals surface area contributed by atoms with Crippen molar-refractivity contribution < 1.29 is 38.2 Å². The lowest BCUT2D eigenvalue weighted by molar-refractivity contribution is -0.146. The largest absolute Gasteiger partial charge is 0.497 e. The molecular formula is C25H32N2O8. The fraction of sp³-hybridized carbons (Fsp3) is 0.560. The first-order chi connectivity index (χ1) is 16.7. The van der Waals surface area contributed by atoms with Gasteiger partial charge in [-0.1, -0.05) is 25.0 Å². The van der Waals surface area contributed by atoms with E-state index in [9.17, 15) is 24.0 Å². The third-order valence-electron chi connectivity index (χ3n) is 6.83. The van der Waals surface area contributed by atoms with Crippen LogP contribution in [0.1, 0.15) is 56.9 Å². The van der Waals surface area contributed by atoms with Gasteiger partial charge in [0.1, 0.15) is 11.8 Å². The van der Waals surface area contributed by atoms with Crippen molar-refractivity contribution in [1.29, 1.82) is 0 Å². The van der Waals surface area contributed by atoms with Gasteiger partial charge in [0.25, 0.3) is 0 Å². The summed E-state index contributed by atoms with van der Waals surface area (Å²) in [7, 11) is 3.92. The molecule has 1 unspecified atom stereocenters. The lowest BCUT2D eigenvalue weighted by Gasteiger charge is -2.29. The van der Waals surface area contributed by atoms with E-state index in [0.29, 0.717) is 11.3 Å². The van der Waals surface area contributed by atoms with Crippen molar-refractivity contribution in [3.63, 3.8) is 0 Å². The summed E-state index contributed by atoms with van der Waals surface area (Å²) in [6, 6.07) is 5.46. The highest BCUT2D eigenvalue weighted by atomic mass is 16.5. The molecule has 190 valence electrons. The van der Waals surface area contributed by atoms with Gasteiger partial charge in [-0.2, -0.15) is 0 Å². The van der Waals surface area contributed by atoms with Crippen molar-refractivity contribution in [2.45, 2.75) is 68.9 Å². The Morgan fingerprint density at radius 1 is 1.06 bits per heavy atom. The molecule has 1 aliphatic heterocycles. The summed E-state index contributed by atoms with van der Waals surface area (Å²) in [5, 5.41) is 2.58. The first kappa shape index (κ1) is 26.2. The number of hydrogen-bond donors (Lipinski definition) is 1. The van der Waals surface area contributed by atoms with Crippen LogP contribution < -0.4 is 10.1 Å². The molecule has 10 nitrogen and oxygen atoms in total. The van der Waals surface area contributed by atoms with Gasteiger partial charge in [-0.3, -0.25) is 24.1 Å². The third kappa shape index (κ3) is 5.63. The van der Waals surface area contributed by atoms with E-state index in [0.717, 1.165) is 25.7 Å². The summed E-state index contributed by atoms with van der Waals surface area (Å²) in [6.07, 6.45) is 2.78. The zero-order valence-corrected chi connectivity index (χ0v) is 20.3. The van der Waals surface area contributed by atoms with Gasteiger partial charge < -0.3 is 19.5 Å². The average molecular weight is 489 g/mol. The topological polar surface area (TPSA) is 128 Å². The van der Waals surface area contributed by atoms with Crippen molar-refractivity contribution in [3.05, 3.63) is 29.8 Å².